The van der Waals surface area contributed by atoms with E-state index in [1.54, 1.807) is 0 Å². The van der Waals surface area contributed by atoms with Crippen molar-refractivity contribution in [2.45, 2.75) is 125 Å². The summed E-state index contributed by atoms with van der Waals surface area (Å²) < 4.78 is 6.48. The highest BCUT2D eigenvalue weighted by atomic mass is 16.5. The minimum absolute atomic E-state index is 0.309. The van der Waals surface area contributed by atoms with E-state index in [1.807, 2.05) is 12.3 Å². The maximum Gasteiger partial charge on any atom is 0.133 e. The van der Waals surface area contributed by atoms with Gasteiger partial charge in [-0.15, -0.1) is 0 Å². The number of ether oxygens (including phenoxy) is 1. The van der Waals surface area contributed by atoms with Crippen LogP contribution >= 0.6 is 0 Å². The Balaban J connectivity index is 1.52. The van der Waals surface area contributed by atoms with Gasteiger partial charge in [0.05, 0.1) is 6.26 Å². The van der Waals surface area contributed by atoms with Crippen LogP contribution in [0.2, 0.25) is 0 Å². The fourth-order valence-corrected chi connectivity index (χ4v) is 9.53. The third-order valence-electron chi connectivity index (χ3n) is 11.7. The van der Waals surface area contributed by atoms with Crippen LogP contribution in [0.25, 0.3) is 0 Å². The van der Waals surface area contributed by atoms with Gasteiger partial charge in [0.1, 0.15) is 11.9 Å². The van der Waals surface area contributed by atoms with E-state index in [1.165, 1.54) is 51.4 Å². The summed E-state index contributed by atoms with van der Waals surface area (Å²) in [5.74, 6) is 5.86. The maximum atomic E-state index is 12.4. The fraction of sp³-hybridized carbons (Fsp3) is 0.903. The Hall–Kier alpha value is -0.790. The smallest absolute Gasteiger partial charge is 0.133 e. The quantitative estimate of drug-likeness (QED) is 0.342. The van der Waals surface area contributed by atoms with Gasteiger partial charge in [-0.05, 0) is 98.2 Å². The van der Waals surface area contributed by atoms with Crippen LogP contribution in [-0.4, -0.2) is 11.9 Å². The molecule has 0 heterocycles. The summed E-state index contributed by atoms with van der Waals surface area (Å²) in [6.45, 7) is 14.5. The summed E-state index contributed by atoms with van der Waals surface area (Å²) in [4.78, 5) is 12.4. The van der Waals surface area contributed by atoms with Gasteiger partial charge >= 0.3 is 0 Å². The summed E-state index contributed by atoms with van der Waals surface area (Å²) in [5.41, 5.74) is 0.839. The predicted molar refractivity (Wildman–Crippen MR) is 138 cm³/mol. The Morgan fingerprint density at radius 3 is 2.55 bits per heavy atom. The van der Waals surface area contributed by atoms with Crippen molar-refractivity contribution in [2.24, 2.45) is 52.3 Å². The van der Waals surface area contributed by atoms with Crippen LogP contribution in [0.1, 0.15) is 119 Å². The zero-order valence-corrected chi connectivity index (χ0v) is 22.6. The average molecular weight is 457 g/mol. The van der Waals surface area contributed by atoms with Crippen LogP contribution in [0, 0.1) is 52.3 Å². The lowest BCUT2D eigenvalue weighted by Gasteiger charge is -2.62. The molecule has 0 aromatic heterocycles. The van der Waals surface area contributed by atoms with Gasteiger partial charge < -0.3 is 4.74 Å². The standard InChI is InChI=1S/C31H52O2/c1-7-18-33-28-20-24-19-25(32)14-16-31(24,6)27-15-17-30(5)23(12-13-26(30)29(27)28)11-9-10-22(8-2)21(3)4/h7,18,21-24,26-29H,8-17,19-20H2,1-6H3/b18-7+/t22-,23+,24+,26?,27?,28?,29?,30-,31+/m1/s1. The van der Waals surface area contributed by atoms with E-state index in [2.05, 4.69) is 41.5 Å². The summed E-state index contributed by atoms with van der Waals surface area (Å²) >= 11 is 0. The van der Waals surface area contributed by atoms with Crippen LogP contribution < -0.4 is 0 Å². The van der Waals surface area contributed by atoms with Crippen molar-refractivity contribution in [3.63, 3.8) is 0 Å². The number of allylic oxidation sites excluding steroid dienone is 1. The summed E-state index contributed by atoms with van der Waals surface area (Å²) in [7, 11) is 0. The Morgan fingerprint density at radius 2 is 1.85 bits per heavy atom. The SMILES string of the molecule is C/C=C/OC1C[C@@H]2CC(=O)CC[C@]2(C)C2CC[C@@]3(C)C(CC[C@@H]3CCC[C@@H](CC)C(C)C)C12. The number of hydrogen-bond acceptors (Lipinski definition) is 2. The number of hydrogen-bond donors (Lipinski definition) is 0. The van der Waals surface area contributed by atoms with E-state index in [0.29, 0.717) is 34.6 Å². The zero-order chi connectivity index (χ0) is 23.8. The molecule has 33 heavy (non-hydrogen) atoms. The second-order valence-corrected chi connectivity index (χ2v) is 13.3. The first-order chi connectivity index (χ1) is 15.7. The van der Waals surface area contributed by atoms with E-state index >= 15 is 0 Å². The van der Waals surface area contributed by atoms with E-state index in [-0.39, 0.29) is 0 Å². The Labute approximate surface area is 204 Å². The summed E-state index contributed by atoms with van der Waals surface area (Å²) in [6.07, 6.45) is 19.3. The van der Waals surface area contributed by atoms with Crippen molar-refractivity contribution in [1.82, 2.24) is 0 Å². The van der Waals surface area contributed by atoms with Crippen LogP contribution in [0.15, 0.2) is 12.3 Å². The first kappa shape index (κ1) is 25.3. The van der Waals surface area contributed by atoms with E-state index in [4.69, 9.17) is 4.74 Å². The summed E-state index contributed by atoms with van der Waals surface area (Å²) in [6, 6.07) is 0. The van der Waals surface area contributed by atoms with Crippen molar-refractivity contribution >= 4 is 5.78 Å². The molecule has 4 fully saturated rings. The second-order valence-electron chi connectivity index (χ2n) is 13.3. The highest BCUT2D eigenvalue weighted by Gasteiger charge is 2.63. The average Bonchev–Trinajstić information content (AvgIpc) is 3.11. The molecule has 0 N–H and O–H groups in total. The van der Waals surface area contributed by atoms with Crippen molar-refractivity contribution in [2.75, 3.05) is 0 Å². The number of carbonyl (C=O) groups is 1. The molecule has 2 heteroatoms. The maximum absolute atomic E-state index is 12.4. The van der Waals surface area contributed by atoms with Crippen LogP contribution in [0.5, 0.6) is 0 Å². The molecule has 9 atom stereocenters. The van der Waals surface area contributed by atoms with Crippen molar-refractivity contribution in [3.05, 3.63) is 12.3 Å². The van der Waals surface area contributed by atoms with Gasteiger partial charge in [0.2, 0.25) is 0 Å². The number of carbonyl (C=O) groups excluding carboxylic acids is 1. The molecule has 0 aliphatic heterocycles. The van der Waals surface area contributed by atoms with E-state index in [9.17, 15) is 4.79 Å². The molecule has 4 aliphatic carbocycles. The van der Waals surface area contributed by atoms with Gasteiger partial charge in [0, 0.05) is 18.8 Å². The molecule has 2 nitrogen and oxygen atoms in total. The van der Waals surface area contributed by atoms with Gasteiger partial charge in [0.25, 0.3) is 0 Å². The third kappa shape index (κ3) is 4.58. The molecule has 0 radical (unpaired) electrons. The molecular formula is C31H52O2. The fourth-order valence-electron chi connectivity index (χ4n) is 9.53. The molecule has 0 aromatic carbocycles. The largest absolute Gasteiger partial charge is 0.498 e. The zero-order valence-electron chi connectivity index (χ0n) is 22.6. The van der Waals surface area contributed by atoms with Gasteiger partial charge in [0.15, 0.2) is 0 Å². The first-order valence-electron chi connectivity index (χ1n) is 14.5. The topological polar surface area (TPSA) is 26.3 Å². The highest BCUT2D eigenvalue weighted by Crippen LogP contribution is 2.68. The van der Waals surface area contributed by atoms with Gasteiger partial charge in [-0.1, -0.05) is 60.0 Å². The van der Waals surface area contributed by atoms with E-state index < -0.39 is 0 Å². The Kier molecular flexibility index (Phi) is 7.72. The van der Waals surface area contributed by atoms with Gasteiger partial charge in [-0.25, -0.2) is 0 Å². The first-order valence-corrected chi connectivity index (χ1v) is 14.5. The molecule has 0 aromatic rings. The molecule has 4 aliphatic rings. The molecule has 0 spiro atoms. The monoisotopic (exact) mass is 456 g/mol. The molecule has 4 unspecified atom stereocenters. The highest BCUT2D eigenvalue weighted by molar-refractivity contribution is 5.79. The Morgan fingerprint density at radius 1 is 1.09 bits per heavy atom. The van der Waals surface area contributed by atoms with Crippen LogP contribution in [-0.2, 0) is 9.53 Å². The van der Waals surface area contributed by atoms with Gasteiger partial charge in [-0.3, -0.25) is 4.79 Å². The molecular weight excluding hydrogens is 404 g/mol. The summed E-state index contributed by atoms with van der Waals surface area (Å²) in [5, 5.41) is 0. The molecule has 188 valence electrons. The molecule has 0 amide bonds. The predicted octanol–water partition coefficient (Wildman–Crippen LogP) is 8.60. The number of ketones is 1. The minimum Gasteiger partial charge on any atom is -0.498 e. The molecule has 4 rings (SSSR count). The number of Topliss-reactive ketones (excluding diaryl/α,β-unsaturated/α-hetero) is 1. The van der Waals surface area contributed by atoms with Crippen molar-refractivity contribution in [3.8, 4) is 0 Å². The number of rotatable bonds is 8. The van der Waals surface area contributed by atoms with Crippen molar-refractivity contribution in [1.29, 1.82) is 0 Å². The molecule has 0 bridgehead atoms. The minimum atomic E-state index is 0.309. The van der Waals surface area contributed by atoms with Crippen LogP contribution in [0.3, 0.4) is 0 Å². The van der Waals surface area contributed by atoms with Gasteiger partial charge in [-0.2, -0.15) is 0 Å². The lowest BCUT2D eigenvalue weighted by atomic mass is 9.44. The van der Waals surface area contributed by atoms with Crippen molar-refractivity contribution < 1.29 is 9.53 Å². The third-order valence-corrected chi connectivity index (χ3v) is 11.7. The molecule has 0 saturated heterocycles. The number of fused-ring (bicyclic) bond motifs is 5. The normalized spacial score (nSPS) is 43.9. The van der Waals surface area contributed by atoms with Crippen LogP contribution in [0.4, 0.5) is 0 Å². The lowest BCUT2D eigenvalue weighted by molar-refractivity contribution is -0.169. The second kappa shape index (κ2) is 10.1. The Bertz CT molecular complexity index is 710. The van der Waals surface area contributed by atoms with E-state index in [0.717, 1.165) is 55.3 Å². The molecule has 4 saturated carbocycles. The lowest BCUT2D eigenvalue weighted by Crippen LogP contribution is -2.58.